The number of thiophene rings is 1. The van der Waals surface area contributed by atoms with E-state index in [0.717, 1.165) is 41.4 Å². The Morgan fingerprint density at radius 3 is 2.10 bits per heavy atom. The lowest BCUT2D eigenvalue weighted by Gasteiger charge is -2.12. The van der Waals surface area contributed by atoms with Crippen molar-refractivity contribution >= 4 is 53.3 Å². The molecule has 0 bridgehead atoms. The standard InChI is InChI=1S/C46H29N3S/c1-3-14-30(15-4-1)31-16-11-17-32(28-31)46-47-39(29-40(48-46)37-24-12-22-35-34-20-8-10-27-43(34)50-45(35)37)36-23-13-26-42-44(36)38-21-7-9-25-41(38)49(42)33-18-5-2-6-19-33/h1-29H/i2D,5D,6D,7D,9D,13D,18D,19D,21D,23D,25D,26D. The van der Waals surface area contributed by atoms with Crippen LogP contribution in [0.3, 0.4) is 0 Å². The molecule has 3 nitrogen and oxygen atoms in total. The lowest BCUT2D eigenvalue weighted by Crippen LogP contribution is -1.97. The Hall–Kier alpha value is -6.36. The molecule has 0 aliphatic heterocycles. The van der Waals surface area contributed by atoms with E-state index in [1.807, 2.05) is 91.0 Å². The highest BCUT2D eigenvalue weighted by Gasteiger charge is 2.20. The summed E-state index contributed by atoms with van der Waals surface area (Å²) in [4.78, 5) is 10.2. The Bertz CT molecular complexity index is 3540. The topological polar surface area (TPSA) is 30.7 Å². The van der Waals surface area contributed by atoms with Gasteiger partial charge in [-0.1, -0.05) is 133 Å². The normalized spacial score (nSPS) is 15.0. The van der Waals surface area contributed by atoms with Gasteiger partial charge in [0.05, 0.1) is 38.9 Å². The molecule has 3 heterocycles. The van der Waals surface area contributed by atoms with Crippen LogP contribution in [0.5, 0.6) is 0 Å². The van der Waals surface area contributed by atoms with Crippen molar-refractivity contribution in [3.05, 3.63) is 176 Å². The van der Waals surface area contributed by atoms with E-state index in [1.54, 1.807) is 17.4 Å². The second-order valence-electron chi connectivity index (χ2n) is 11.7. The van der Waals surface area contributed by atoms with Gasteiger partial charge in [-0.15, -0.1) is 11.3 Å². The van der Waals surface area contributed by atoms with Crippen LogP contribution < -0.4 is 0 Å². The molecule has 0 amide bonds. The summed E-state index contributed by atoms with van der Waals surface area (Å²) in [5, 5.41) is 1.82. The zero-order chi connectivity index (χ0) is 43.5. The first-order valence-electron chi connectivity index (χ1n) is 21.9. The molecular weight excluding hydrogens is 627 g/mol. The van der Waals surface area contributed by atoms with Crippen molar-refractivity contribution in [2.75, 3.05) is 0 Å². The number of hydrogen-bond acceptors (Lipinski definition) is 3. The zero-order valence-electron chi connectivity index (χ0n) is 38.1. The van der Waals surface area contributed by atoms with E-state index in [4.69, 9.17) is 20.9 Å². The largest absolute Gasteiger partial charge is 0.309 e. The molecule has 4 heteroatoms. The molecule has 0 fully saturated rings. The smallest absolute Gasteiger partial charge is 0.160 e. The Kier molecular flexibility index (Phi) is 4.43. The van der Waals surface area contributed by atoms with Gasteiger partial charge in [0.2, 0.25) is 0 Å². The minimum atomic E-state index is -0.704. The summed E-state index contributed by atoms with van der Waals surface area (Å²) in [7, 11) is 0. The van der Waals surface area contributed by atoms with Gasteiger partial charge in [0.25, 0.3) is 0 Å². The average molecular weight is 668 g/mol. The summed E-state index contributed by atoms with van der Waals surface area (Å²) < 4.78 is 110. The van der Waals surface area contributed by atoms with Gasteiger partial charge >= 0.3 is 0 Å². The quantitative estimate of drug-likeness (QED) is 0.183. The van der Waals surface area contributed by atoms with Crippen molar-refractivity contribution in [3.63, 3.8) is 0 Å². The molecule has 0 N–H and O–H groups in total. The summed E-state index contributed by atoms with van der Waals surface area (Å²) >= 11 is 1.59. The molecule has 0 unspecified atom stereocenters. The number of benzene rings is 7. The number of para-hydroxylation sites is 2. The van der Waals surface area contributed by atoms with Crippen molar-refractivity contribution in [3.8, 4) is 50.7 Å². The number of nitrogens with zero attached hydrogens (tertiary/aromatic N) is 3. The molecule has 0 radical (unpaired) electrons. The van der Waals surface area contributed by atoms with E-state index in [9.17, 15) is 5.48 Å². The van der Waals surface area contributed by atoms with Gasteiger partial charge in [-0.2, -0.15) is 0 Å². The fourth-order valence-electron chi connectivity index (χ4n) is 6.60. The summed E-state index contributed by atoms with van der Waals surface area (Å²) in [5.74, 6) is 0.249. The molecule has 0 saturated heterocycles. The molecule has 50 heavy (non-hydrogen) atoms. The first-order chi connectivity index (χ1) is 29.8. The molecule has 0 spiro atoms. The highest BCUT2D eigenvalue weighted by molar-refractivity contribution is 7.26. The molecule has 7 aromatic carbocycles. The van der Waals surface area contributed by atoms with Crippen molar-refractivity contribution in [1.29, 1.82) is 0 Å². The summed E-state index contributed by atoms with van der Waals surface area (Å²) in [5.41, 5.74) is 2.70. The van der Waals surface area contributed by atoms with Crippen molar-refractivity contribution < 1.29 is 16.4 Å². The second kappa shape index (κ2) is 11.7. The number of hydrogen-bond donors (Lipinski definition) is 0. The van der Waals surface area contributed by atoms with E-state index >= 15 is 0 Å². The molecule has 10 aromatic rings. The summed E-state index contributed by atoms with van der Waals surface area (Å²) in [6.07, 6.45) is 0. The maximum atomic E-state index is 9.52. The lowest BCUT2D eigenvalue weighted by molar-refractivity contribution is 1.18. The SMILES string of the molecule is [2H]c1c([2H])c([2H])c(-n2c3c([2H])c([2H])c([2H])c([2H])c3c3c(-c4cc(-c5cccc6c5sc5ccccc56)nc(-c5cccc(-c6ccccc6)c5)n4)c([2H])c([2H])c([2H])c32)c([2H])c1[2H]. The molecule has 234 valence electrons. The van der Waals surface area contributed by atoms with E-state index in [1.165, 1.54) is 0 Å². The predicted molar refractivity (Wildman–Crippen MR) is 211 cm³/mol. The second-order valence-corrected chi connectivity index (χ2v) is 12.7. The molecule has 10 rings (SSSR count). The zero-order valence-corrected chi connectivity index (χ0v) is 26.9. The highest BCUT2D eigenvalue weighted by atomic mass is 32.1. The third-order valence-electron chi connectivity index (χ3n) is 8.82. The van der Waals surface area contributed by atoms with Crippen LogP contribution in [-0.2, 0) is 0 Å². The minimum absolute atomic E-state index is 0.0604. The Morgan fingerprint density at radius 1 is 0.500 bits per heavy atom. The first-order valence-corrected chi connectivity index (χ1v) is 16.7. The van der Waals surface area contributed by atoms with Crippen LogP contribution in [0, 0.1) is 0 Å². The highest BCUT2D eigenvalue weighted by Crippen LogP contribution is 2.42. The van der Waals surface area contributed by atoms with Gasteiger partial charge in [0.15, 0.2) is 5.82 Å². The van der Waals surface area contributed by atoms with E-state index in [2.05, 4.69) is 6.07 Å². The van der Waals surface area contributed by atoms with Gasteiger partial charge in [0, 0.05) is 53.3 Å². The van der Waals surface area contributed by atoms with Crippen molar-refractivity contribution in [2.45, 2.75) is 0 Å². The first kappa shape index (κ1) is 19.0. The Morgan fingerprint density at radius 2 is 1.20 bits per heavy atom. The van der Waals surface area contributed by atoms with Crippen LogP contribution in [0.15, 0.2) is 176 Å². The molecule has 0 saturated carbocycles. The van der Waals surface area contributed by atoms with Crippen LogP contribution in [-0.4, -0.2) is 14.5 Å². The maximum Gasteiger partial charge on any atom is 0.160 e. The van der Waals surface area contributed by atoms with E-state index in [0.29, 0.717) is 11.3 Å². The fraction of sp³-hybridized carbons (Fsp3) is 0. The summed E-state index contributed by atoms with van der Waals surface area (Å²) in [6, 6.07) is 25.5. The van der Waals surface area contributed by atoms with Gasteiger partial charge in [0.1, 0.15) is 0 Å². The summed E-state index contributed by atoms with van der Waals surface area (Å²) in [6.45, 7) is 0. The van der Waals surface area contributed by atoms with Crippen molar-refractivity contribution in [1.82, 2.24) is 14.5 Å². The lowest BCUT2D eigenvalue weighted by atomic mass is 10.00. The van der Waals surface area contributed by atoms with Crippen LogP contribution in [0.2, 0.25) is 0 Å². The third kappa shape index (κ3) is 4.65. The van der Waals surface area contributed by atoms with Gasteiger partial charge < -0.3 is 4.57 Å². The molecular formula is C46H29N3S. The number of fused-ring (bicyclic) bond motifs is 6. The number of aromatic nitrogens is 3. The van der Waals surface area contributed by atoms with Gasteiger partial charge in [-0.25, -0.2) is 9.97 Å². The third-order valence-corrected chi connectivity index (χ3v) is 10.0. The van der Waals surface area contributed by atoms with Crippen LogP contribution in [0.25, 0.3) is 92.7 Å². The van der Waals surface area contributed by atoms with Gasteiger partial charge in [-0.3, -0.25) is 0 Å². The molecule has 3 aromatic heterocycles. The van der Waals surface area contributed by atoms with E-state index < -0.39 is 78.2 Å². The van der Waals surface area contributed by atoms with Crippen LogP contribution >= 0.6 is 11.3 Å². The molecule has 0 aliphatic rings. The monoisotopic (exact) mass is 667 g/mol. The predicted octanol–water partition coefficient (Wildman–Crippen LogP) is 12.6. The van der Waals surface area contributed by atoms with Crippen LogP contribution in [0.1, 0.15) is 16.4 Å². The van der Waals surface area contributed by atoms with Crippen molar-refractivity contribution in [2.24, 2.45) is 0 Å². The van der Waals surface area contributed by atoms with Gasteiger partial charge in [-0.05, 0) is 53.5 Å². The van der Waals surface area contributed by atoms with E-state index in [-0.39, 0.29) is 38.9 Å². The Labute approximate surface area is 310 Å². The Balaban J connectivity index is 1.38. The fourth-order valence-corrected chi connectivity index (χ4v) is 7.83. The minimum Gasteiger partial charge on any atom is -0.309 e. The van der Waals surface area contributed by atoms with Crippen LogP contribution in [0.4, 0.5) is 0 Å². The maximum absolute atomic E-state index is 9.52. The molecule has 0 atom stereocenters. The average Bonchev–Trinajstić information content (AvgIpc) is 3.85. The molecule has 0 aliphatic carbocycles. The number of rotatable bonds is 5.